The molecule has 0 aromatic heterocycles. The van der Waals surface area contributed by atoms with Gasteiger partial charge < -0.3 is 10.6 Å². The molecule has 0 heterocycles. The van der Waals surface area contributed by atoms with Gasteiger partial charge in [0.2, 0.25) is 0 Å². The van der Waals surface area contributed by atoms with E-state index in [4.69, 9.17) is 36.0 Å². The molecule has 0 spiro atoms. The van der Waals surface area contributed by atoms with Crippen molar-refractivity contribution >= 4 is 51.9 Å². The molecule has 0 amide bonds. The standard InChI is InChI=1S/C15H17ClN4S2/c16-11-3-1-2-4-12(11)17-14(21)19-20-15(22)18-13-8-9-5-6-10(13)7-9/h1-6,9-10,13H,7-8H2,(H2,17,19,21)(H2,18,20,22)/t9-,10+,13-/m1/s1. The zero-order chi connectivity index (χ0) is 15.5. The summed E-state index contributed by atoms with van der Waals surface area (Å²) in [7, 11) is 0. The van der Waals surface area contributed by atoms with Crippen molar-refractivity contribution < 1.29 is 0 Å². The molecule has 1 aromatic carbocycles. The maximum absolute atomic E-state index is 6.07. The molecule has 4 N–H and O–H groups in total. The minimum atomic E-state index is 0.407. The lowest BCUT2D eigenvalue weighted by Crippen LogP contribution is -2.51. The van der Waals surface area contributed by atoms with Crippen LogP contribution in [0.1, 0.15) is 12.8 Å². The number of hydrazine groups is 1. The number of hydrogen-bond acceptors (Lipinski definition) is 2. The Labute approximate surface area is 145 Å². The highest BCUT2D eigenvalue weighted by molar-refractivity contribution is 7.80. The molecule has 1 aromatic rings. The van der Waals surface area contributed by atoms with Crippen LogP contribution >= 0.6 is 36.0 Å². The zero-order valence-electron chi connectivity index (χ0n) is 11.8. The first-order valence-corrected chi connectivity index (χ1v) is 8.37. The van der Waals surface area contributed by atoms with E-state index in [0.29, 0.717) is 33.1 Å². The van der Waals surface area contributed by atoms with E-state index in [-0.39, 0.29) is 0 Å². The van der Waals surface area contributed by atoms with Gasteiger partial charge in [-0.2, -0.15) is 0 Å². The Bertz CT molecular complexity index is 619. The maximum atomic E-state index is 6.07. The Balaban J connectivity index is 1.42. The Hall–Kier alpha value is -1.37. The van der Waals surface area contributed by atoms with E-state index in [1.165, 1.54) is 6.42 Å². The van der Waals surface area contributed by atoms with Gasteiger partial charge in [0, 0.05) is 6.04 Å². The predicted molar refractivity (Wildman–Crippen MR) is 98.8 cm³/mol. The summed E-state index contributed by atoms with van der Waals surface area (Å²) in [5, 5.41) is 7.92. The molecule has 0 saturated heterocycles. The molecular formula is C15H17ClN4S2. The van der Waals surface area contributed by atoms with Gasteiger partial charge in [-0.1, -0.05) is 35.9 Å². The van der Waals surface area contributed by atoms with E-state index in [1.54, 1.807) is 6.07 Å². The Morgan fingerprint density at radius 3 is 2.50 bits per heavy atom. The second-order valence-corrected chi connectivity index (χ2v) is 6.77. The summed E-state index contributed by atoms with van der Waals surface area (Å²) in [6, 6.07) is 7.83. The monoisotopic (exact) mass is 352 g/mol. The molecule has 2 aliphatic carbocycles. The molecule has 3 rings (SSSR count). The lowest BCUT2D eigenvalue weighted by atomic mass is 10.0. The van der Waals surface area contributed by atoms with Crippen molar-refractivity contribution in [3.8, 4) is 0 Å². The van der Waals surface area contributed by atoms with Crippen LogP contribution < -0.4 is 21.5 Å². The molecule has 0 aliphatic heterocycles. The van der Waals surface area contributed by atoms with E-state index in [0.717, 1.165) is 12.1 Å². The van der Waals surface area contributed by atoms with Gasteiger partial charge in [0.15, 0.2) is 10.2 Å². The minimum Gasteiger partial charge on any atom is -0.358 e. The van der Waals surface area contributed by atoms with Crippen LogP contribution in [0, 0.1) is 11.8 Å². The number of para-hydroxylation sites is 1. The molecule has 0 unspecified atom stereocenters. The summed E-state index contributed by atoms with van der Waals surface area (Å²) in [5.41, 5.74) is 6.52. The van der Waals surface area contributed by atoms with Crippen LogP contribution in [-0.4, -0.2) is 16.3 Å². The molecule has 2 aliphatic rings. The number of fused-ring (bicyclic) bond motifs is 2. The minimum absolute atomic E-state index is 0.407. The molecule has 0 radical (unpaired) electrons. The third kappa shape index (κ3) is 3.69. The van der Waals surface area contributed by atoms with Crippen LogP contribution in [0.15, 0.2) is 36.4 Å². The van der Waals surface area contributed by atoms with Gasteiger partial charge in [-0.3, -0.25) is 10.9 Å². The summed E-state index contributed by atoms with van der Waals surface area (Å²) >= 11 is 16.6. The molecule has 1 fully saturated rings. The largest absolute Gasteiger partial charge is 0.358 e. The van der Waals surface area contributed by atoms with Gasteiger partial charge in [-0.05, 0) is 61.2 Å². The number of rotatable bonds is 2. The van der Waals surface area contributed by atoms with Crippen molar-refractivity contribution in [3.63, 3.8) is 0 Å². The van der Waals surface area contributed by atoms with Gasteiger partial charge >= 0.3 is 0 Å². The van der Waals surface area contributed by atoms with E-state index in [1.807, 2.05) is 18.2 Å². The van der Waals surface area contributed by atoms with Crippen molar-refractivity contribution in [2.45, 2.75) is 18.9 Å². The van der Waals surface area contributed by atoms with Gasteiger partial charge in [-0.25, -0.2) is 0 Å². The number of nitrogens with one attached hydrogen (secondary N) is 4. The Morgan fingerprint density at radius 1 is 1.05 bits per heavy atom. The number of hydrogen-bond donors (Lipinski definition) is 4. The molecule has 7 heteroatoms. The maximum Gasteiger partial charge on any atom is 0.189 e. The quantitative estimate of drug-likeness (QED) is 0.373. The van der Waals surface area contributed by atoms with Gasteiger partial charge in [-0.15, -0.1) is 0 Å². The van der Waals surface area contributed by atoms with Crippen LogP contribution in [0.4, 0.5) is 5.69 Å². The van der Waals surface area contributed by atoms with Crippen LogP contribution in [0.5, 0.6) is 0 Å². The molecular weight excluding hydrogens is 336 g/mol. The van der Waals surface area contributed by atoms with E-state index in [9.17, 15) is 0 Å². The van der Waals surface area contributed by atoms with Crippen molar-refractivity contribution in [3.05, 3.63) is 41.4 Å². The normalized spacial score (nSPS) is 24.9. The van der Waals surface area contributed by atoms with E-state index >= 15 is 0 Å². The second-order valence-electron chi connectivity index (χ2n) is 5.54. The number of thiocarbonyl (C=S) groups is 2. The predicted octanol–water partition coefficient (Wildman–Crippen LogP) is 2.97. The Kier molecular flexibility index (Phi) is 4.81. The molecule has 22 heavy (non-hydrogen) atoms. The lowest BCUT2D eigenvalue weighted by molar-refractivity contribution is 0.518. The fourth-order valence-corrected chi connectivity index (χ4v) is 3.53. The summed E-state index contributed by atoms with van der Waals surface area (Å²) in [4.78, 5) is 0. The molecule has 3 atom stereocenters. The second kappa shape index (κ2) is 6.81. The van der Waals surface area contributed by atoms with Gasteiger partial charge in [0.05, 0.1) is 10.7 Å². The highest BCUT2D eigenvalue weighted by Crippen LogP contribution is 2.38. The summed E-state index contributed by atoms with van der Waals surface area (Å²) in [6.07, 6.45) is 6.97. The SMILES string of the molecule is S=C(NNC(=S)N[C@@H]1C[C@@H]2C=C[C@H]1C2)Nc1ccccc1Cl. The highest BCUT2D eigenvalue weighted by atomic mass is 35.5. The topological polar surface area (TPSA) is 48.1 Å². The third-order valence-corrected chi connectivity index (χ3v) is 4.76. The van der Waals surface area contributed by atoms with Gasteiger partial charge in [0.25, 0.3) is 0 Å². The number of benzene rings is 1. The van der Waals surface area contributed by atoms with Crippen molar-refractivity contribution in [1.29, 1.82) is 0 Å². The molecule has 4 nitrogen and oxygen atoms in total. The smallest absolute Gasteiger partial charge is 0.189 e. The third-order valence-electron chi connectivity index (χ3n) is 4.01. The highest BCUT2D eigenvalue weighted by Gasteiger charge is 2.35. The van der Waals surface area contributed by atoms with Gasteiger partial charge in [0.1, 0.15) is 0 Å². The van der Waals surface area contributed by atoms with Crippen molar-refractivity contribution in [2.24, 2.45) is 11.8 Å². The summed E-state index contributed by atoms with van der Waals surface area (Å²) in [6.45, 7) is 0. The molecule has 2 bridgehead atoms. The first-order valence-electron chi connectivity index (χ1n) is 7.18. The van der Waals surface area contributed by atoms with E-state index in [2.05, 4.69) is 33.6 Å². The number of allylic oxidation sites excluding steroid dienone is 1. The fourth-order valence-electron chi connectivity index (χ4n) is 2.98. The average molecular weight is 353 g/mol. The van der Waals surface area contributed by atoms with Crippen LogP contribution in [0.2, 0.25) is 5.02 Å². The first kappa shape index (κ1) is 15.5. The first-order chi connectivity index (χ1) is 10.6. The van der Waals surface area contributed by atoms with Crippen LogP contribution in [0.3, 0.4) is 0 Å². The zero-order valence-corrected chi connectivity index (χ0v) is 14.2. The summed E-state index contributed by atoms with van der Waals surface area (Å²) in [5.74, 6) is 1.30. The number of halogens is 1. The van der Waals surface area contributed by atoms with Crippen LogP contribution in [0.25, 0.3) is 0 Å². The van der Waals surface area contributed by atoms with E-state index < -0.39 is 0 Å². The fraction of sp³-hybridized carbons (Fsp3) is 0.333. The average Bonchev–Trinajstić information content (AvgIpc) is 3.10. The number of anilines is 1. The lowest BCUT2D eigenvalue weighted by Gasteiger charge is -2.22. The molecule has 1 saturated carbocycles. The Morgan fingerprint density at radius 2 is 1.82 bits per heavy atom. The van der Waals surface area contributed by atoms with Crippen molar-refractivity contribution in [2.75, 3.05) is 5.32 Å². The van der Waals surface area contributed by atoms with Crippen LogP contribution in [-0.2, 0) is 0 Å². The summed E-state index contributed by atoms with van der Waals surface area (Å²) < 4.78 is 0. The molecule has 116 valence electrons. The van der Waals surface area contributed by atoms with Crippen molar-refractivity contribution in [1.82, 2.24) is 16.2 Å².